The Morgan fingerprint density at radius 1 is 1.38 bits per heavy atom. The Hall–Kier alpha value is -0.760. The van der Waals surface area contributed by atoms with Crippen LogP contribution in [0.3, 0.4) is 0 Å². The molecule has 0 unspecified atom stereocenters. The predicted molar refractivity (Wildman–Crippen MR) is 58.0 cm³/mol. The average molecular weight is 194 g/mol. The number of hydrogen-bond acceptors (Lipinski definition) is 2. The van der Waals surface area contributed by atoms with Gasteiger partial charge in [0.1, 0.15) is 0 Å². The molecule has 0 radical (unpaired) electrons. The zero-order chi connectivity index (χ0) is 9.68. The van der Waals surface area contributed by atoms with Gasteiger partial charge in [-0.25, -0.2) is 0 Å². The topological polar surface area (TPSA) is 17.1 Å². The van der Waals surface area contributed by atoms with Crippen LogP contribution in [-0.4, -0.2) is 11.4 Å². The fourth-order valence-electron chi connectivity index (χ4n) is 1.23. The van der Waals surface area contributed by atoms with Crippen molar-refractivity contribution in [1.82, 2.24) is 0 Å². The monoisotopic (exact) mass is 194 g/mol. The van der Waals surface area contributed by atoms with Crippen LogP contribution in [0.5, 0.6) is 0 Å². The van der Waals surface area contributed by atoms with E-state index in [2.05, 4.69) is 19.1 Å². The molecule has 70 valence electrons. The van der Waals surface area contributed by atoms with Gasteiger partial charge in [0.25, 0.3) is 0 Å². The van der Waals surface area contributed by atoms with Gasteiger partial charge in [0.2, 0.25) is 0 Å². The van der Waals surface area contributed by atoms with E-state index in [1.807, 2.05) is 24.5 Å². The standard InChI is InChI=1S/C11H14OS/c1-9(8-11(12)13-2)10-6-4-3-5-7-10/h3-7,9H,8H2,1-2H3/t9-/m1/s1. The summed E-state index contributed by atoms with van der Waals surface area (Å²) in [6.07, 6.45) is 2.46. The van der Waals surface area contributed by atoms with E-state index in [1.165, 1.54) is 17.3 Å². The van der Waals surface area contributed by atoms with Gasteiger partial charge >= 0.3 is 0 Å². The normalized spacial score (nSPS) is 12.5. The lowest BCUT2D eigenvalue weighted by atomic mass is 9.99. The van der Waals surface area contributed by atoms with Gasteiger partial charge in [0, 0.05) is 6.42 Å². The van der Waals surface area contributed by atoms with Gasteiger partial charge in [0.05, 0.1) is 0 Å². The summed E-state index contributed by atoms with van der Waals surface area (Å²) in [5, 5.41) is 0.261. The molecule has 2 heteroatoms. The second-order valence-electron chi connectivity index (χ2n) is 3.09. The zero-order valence-electron chi connectivity index (χ0n) is 7.99. The van der Waals surface area contributed by atoms with Crippen LogP contribution < -0.4 is 0 Å². The van der Waals surface area contributed by atoms with Crippen LogP contribution in [-0.2, 0) is 4.79 Å². The lowest BCUT2D eigenvalue weighted by molar-refractivity contribution is -0.111. The van der Waals surface area contributed by atoms with Gasteiger partial charge in [-0.15, -0.1) is 0 Å². The predicted octanol–water partition coefficient (Wildman–Crippen LogP) is 3.07. The first-order valence-corrected chi connectivity index (χ1v) is 5.58. The van der Waals surface area contributed by atoms with Crippen molar-refractivity contribution in [1.29, 1.82) is 0 Å². The molecule has 1 nitrogen and oxygen atoms in total. The molecule has 1 aromatic carbocycles. The SMILES string of the molecule is CSC(=O)C[C@@H](C)c1ccccc1. The smallest absolute Gasteiger partial charge is 0.189 e. The second-order valence-corrected chi connectivity index (χ2v) is 3.96. The Morgan fingerprint density at radius 2 is 2.00 bits per heavy atom. The first kappa shape index (κ1) is 10.3. The number of benzene rings is 1. The minimum Gasteiger partial charge on any atom is -0.287 e. The second kappa shape index (κ2) is 5.07. The van der Waals surface area contributed by atoms with Crippen molar-refractivity contribution >= 4 is 16.9 Å². The van der Waals surface area contributed by atoms with Crippen LogP contribution in [0.15, 0.2) is 30.3 Å². The molecule has 0 spiro atoms. The van der Waals surface area contributed by atoms with Crippen LogP contribution in [0.4, 0.5) is 0 Å². The molecule has 0 fully saturated rings. The molecule has 0 saturated heterocycles. The molecule has 0 amide bonds. The number of carbonyl (C=O) groups excluding carboxylic acids is 1. The van der Waals surface area contributed by atoms with E-state index >= 15 is 0 Å². The van der Waals surface area contributed by atoms with E-state index in [0.29, 0.717) is 12.3 Å². The maximum Gasteiger partial charge on any atom is 0.189 e. The lowest BCUT2D eigenvalue weighted by Gasteiger charge is -2.09. The molecule has 1 rings (SSSR count). The van der Waals surface area contributed by atoms with Crippen LogP contribution in [0.1, 0.15) is 24.8 Å². The summed E-state index contributed by atoms with van der Waals surface area (Å²) in [6, 6.07) is 10.1. The lowest BCUT2D eigenvalue weighted by Crippen LogP contribution is -1.99. The van der Waals surface area contributed by atoms with Gasteiger partial charge < -0.3 is 0 Å². The van der Waals surface area contributed by atoms with E-state index in [1.54, 1.807) is 0 Å². The molecule has 0 aliphatic carbocycles. The van der Waals surface area contributed by atoms with Gasteiger partial charge in [-0.2, -0.15) is 0 Å². The quantitative estimate of drug-likeness (QED) is 0.735. The van der Waals surface area contributed by atoms with Crippen molar-refractivity contribution in [3.8, 4) is 0 Å². The first-order valence-electron chi connectivity index (χ1n) is 4.36. The first-order chi connectivity index (χ1) is 6.24. The Balaban J connectivity index is 2.59. The maximum absolute atomic E-state index is 11.2. The average Bonchev–Trinajstić information content (AvgIpc) is 2.19. The van der Waals surface area contributed by atoms with Crippen LogP contribution in [0.2, 0.25) is 0 Å². The number of hydrogen-bond donors (Lipinski definition) is 0. The molecule has 1 atom stereocenters. The fraction of sp³-hybridized carbons (Fsp3) is 0.364. The Kier molecular flexibility index (Phi) is 4.03. The molecule has 0 aromatic heterocycles. The number of rotatable bonds is 3. The van der Waals surface area contributed by atoms with Gasteiger partial charge in [-0.3, -0.25) is 4.79 Å². The maximum atomic E-state index is 11.2. The van der Waals surface area contributed by atoms with E-state index in [4.69, 9.17) is 0 Å². The molecule has 13 heavy (non-hydrogen) atoms. The number of carbonyl (C=O) groups is 1. The highest BCUT2D eigenvalue weighted by atomic mass is 32.2. The summed E-state index contributed by atoms with van der Waals surface area (Å²) in [5.41, 5.74) is 1.24. The fourth-order valence-corrected chi connectivity index (χ4v) is 1.65. The summed E-state index contributed by atoms with van der Waals surface area (Å²) in [4.78, 5) is 11.2. The van der Waals surface area contributed by atoms with Gasteiger partial charge in [-0.05, 0) is 17.7 Å². The molecule has 0 aliphatic rings. The van der Waals surface area contributed by atoms with Crippen molar-refractivity contribution in [3.63, 3.8) is 0 Å². The third-order valence-electron chi connectivity index (χ3n) is 2.07. The Labute approximate surface area is 83.5 Å². The summed E-state index contributed by atoms with van der Waals surface area (Å²) in [6.45, 7) is 2.09. The molecule has 0 bridgehead atoms. The van der Waals surface area contributed by atoms with E-state index in [-0.39, 0.29) is 5.12 Å². The van der Waals surface area contributed by atoms with Crippen molar-refractivity contribution in [2.75, 3.05) is 6.26 Å². The molecule has 0 N–H and O–H groups in total. The highest BCUT2D eigenvalue weighted by Gasteiger charge is 2.09. The Bertz CT molecular complexity index is 269. The summed E-state index contributed by atoms with van der Waals surface area (Å²) in [5.74, 6) is 0.334. The minimum absolute atomic E-state index is 0.261. The van der Waals surface area contributed by atoms with E-state index in [9.17, 15) is 4.79 Å². The van der Waals surface area contributed by atoms with E-state index in [0.717, 1.165) is 0 Å². The molecule has 1 aromatic rings. The van der Waals surface area contributed by atoms with Crippen LogP contribution >= 0.6 is 11.8 Å². The van der Waals surface area contributed by atoms with Crippen molar-refractivity contribution in [2.45, 2.75) is 19.3 Å². The van der Waals surface area contributed by atoms with Gasteiger partial charge in [0.15, 0.2) is 5.12 Å². The van der Waals surface area contributed by atoms with Crippen LogP contribution in [0.25, 0.3) is 0 Å². The van der Waals surface area contributed by atoms with Crippen molar-refractivity contribution < 1.29 is 4.79 Å². The Morgan fingerprint density at radius 3 is 2.54 bits per heavy atom. The third kappa shape index (κ3) is 3.23. The summed E-state index contributed by atoms with van der Waals surface area (Å²) in [7, 11) is 0. The largest absolute Gasteiger partial charge is 0.287 e. The molecule has 0 heterocycles. The summed E-state index contributed by atoms with van der Waals surface area (Å²) >= 11 is 1.31. The molecular weight excluding hydrogens is 180 g/mol. The van der Waals surface area contributed by atoms with Crippen molar-refractivity contribution in [2.24, 2.45) is 0 Å². The van der Waals surface area contributed by atoms with Crippen LogP contribution in [0, 0.1) is 0 Å². The summed E-state index contributed by atoms with van der Waals surface area (Å²) < 4.78 is 0. The third-order valence-corrected chi connectivity index (χ3v) is 2.69. The highest BCUT2D eigenvalue weighted by Crippen LogP contribution is 2.20. The molecular formula is C11H14OS. The van der Waals surface area contributed by atoms with Gasteiger partial charge in [-0.1, -0.05) is 49.0 Å². The van der Waals surface area contributed by atoms with E-state index < -0.39 is 0 Å². The minimum atomic E-state index is 0.261. The molecule has 0 saturated carbocycles. The molecule has 0 aliphatic heterocycles. The van der Waals surface area contributed by atoms with Crippen molar-refractivity contribution in [3.05, 3.63) is 35.9 Å². The highest BCUT2D eigenvalue weighted by molar-refractivity contribution is 8.13. The zero-order valence-corrected chi connectivity index (χ0v) is 8.80. The number of thioether (sulfide) groups is 1.